The molecule has 0 aromatic heterocycles. The van der Waals surface area contributed by atoms with E-state index in [1.165, 1.54) is 12.1 Å². The molecule has 0 bridgehead atoms. The van der Waals surface area contributed by atoms with E-state index < -0.39 is 10.7 Å². The van der Waals surface area contributed by atoms with E-state index in [1.807, 2.05) is 7.05 Å². The number of nitrogens with one attached hydrogen (secondary N) is 1. The molecule has 1 unspecified atom stereocenters. The zero-order valence-corrected chi connectivity index (χ0v) is 10.9. The molecule has 104 valence electrons. The largest absolute Gasteiger partial charge is 0.318 e. The standard InChI is InChI=1S/C13H18FN3O2/c1-15-8-12-3-2-6-16(12)9-10-4-5-11(17(18)19)7-13(10)14/h4-5,7,12,15H,2-3,6,8-9H2,1H3. The minimum atomic E-state index is -0.577. The predicted octanol–water partition coefficient (Wildman–Crippen LogP) is 1.92. The lowest BCUT2D eigenvalue weighted by atomic mass is 10.1. The molecular formula is C13H18FN3O2. The Balaban J connectivity index is 2.08. The molecule has 0 saturated carbocycles. The van der Waals surface area contributed by atoms with E-state index in [4.69, 9.17) is 0 Å². The maximum absolute atomic E-state index is 13.8. The summed E-state index contributed by atoms with van der Waals surface area (Å²) in [7, 11) is 1.91. The quantitative estimate of drug-likeness (QED) is 0.654. The summed E-state index contributed by atoms with van der Waals surface area (Å²) >= 11 is 0. The molecular weight excluding hydrogens is 249 g/mol. The van der Waals surface area contributed by atoms with Crippen LogP contribution in [0.2, 0.25) is 0 Å². The Bertz CT molecular complexity index is 467. The second-order valence-electron chi connectivity index (χ2n) is 4.86. The minimum absolute atomic E-state index is 0.200. The van der Waals surface area contributed by atoms with Crippen LogP contribution >= 0.6 is 0 Å². The summed E-state index contributed by atoms with van der Waals surface area (Å²) in [6, 6.07) is 4.29. The first kappa shape index (κ1) is 13.9. The molecule has 5 nitrogen and oxygen atoms in total. The number of nitrogens with zero attached hydrogens (tertiary/aromatic N) is 2. The average Bonchev–Trinajstić information content (AvgIpc) is 2.79. The number of hydrogen-bond acceptors (Lipinski definition) is 4. The van der Waals surface area contributed by atoms with Crippen molar-refractivity contribution < 1.29 is 9.31 Å². The normalized spacial score (nSPS) is 19.8. The second-order valence-corrected chi connectivity index (χ2v) is 4.86. The highest BCUT2D eigenvalue weighted by atomic mass is 19.1. The maximum atomic E-state index is 13.8. The third-order valence-corrected chi connectivity index (χ3v) is 3.56. The van der Waals surface area contributed by atoms with Gasteiger partial charge in [0.15, 0.2) is 0 Å². The van der Waals surface area contributed by atoms with Crippen LogP contribution in [-0.4, -0.2) is 36.0 Å². The van der Waals surface area contributed by atoms with Crippen molar-refractivity contribution in [3.05, 3.63) is 39.7 Å². The lowest BCUT2D eigenvalue weighted by Gasteiger charge is -2.24. The van der Waals surface area contributed by atoms with E-state index in [0.29, 0.717) is 18.2 Å². The zero-order chi connectivity index (χ0) is 13.8. The Kier molecular flexibility index (Phi) is 4.44. The summed E-state index contributed by atoms with van der Waals surface area (Å²) < 4.78 is 13.8. The molecule has 1 heterocycles. The number of likely N-dealkylation sites (N-methyl/N-ethyl adjacent to an activating group) is 1. The summed E-state index contributed by atoms with van der Waals surface area (Å²) in [6.07, 6.45) is 2.22. The third kappa shape index (κ3) is 3.27. The first-order chi connectivity index (χ1) is 9.11. The van der Waals surface area contributed by atoms with Crippen molar-refractivity contribution in [1.82, 2.24) is 10.2 Å². The highest BCUT2D eigenvalue weighted by Gasteiger charge is 2.24. The van der Waals surface area contributed by atoms with Gasteiger partial charge in [-0.15, -0.1) is 0 Å². The number of halogens is 1. The Morgan fingerprint density at radius 2 is 2.37 bits per heavy atom. The summed E-state index contributed by atoms with van der Waals surface area (Å²) in [5.41, 5.74) is 0.322. The number of benzene rings is 1. The maximum Gasteiger partial charge on any atom is 0.272 e. The van der Waals surface area contributed by atoms with Crippen LogP contribution < -0.4 is 5.32 Å². The molecule has 1 aliphatic rings. The van der Waals surface area contributed by atoms with Gasteiger partial charge in [-0.3, -0.25) is 15.0 Å². The average molecular weight is 267 g/mol. The highest BCUT2D eigenvalue weighted by molar-refractivity contribution is 5.34. The molecule has 1 aliphatic heterocycles. The van der Waals surface area contributed by atoms with Gasteiger partial charge >= 0.3 is 0 Å². The van der Waals surface area contributed by atoms with Crippen LogP contribution in [0.5, 0.6) is 0 Å². The monoisotopic (exact) mass is 267 g/mol. The van der Waals surface area contributed by atoms with Crippen LogP contribution in [0.4, 0.5) is 10.1 Å². The van der Waals surface area contributed by atoms with E-state index >= 15 is 0 Å². The first-order valence-corrected chi connectivity index (χ1v) is 6.43. The molecule has 1 fully saturated rings. The number of likely N-dealkylation sites (tertiary alicyclic amines) is 1. The van der Waals surface area contributed by atoms with Crippen molar-refractivity contribution in [1.29, 1.82) is 0 Å². The van der Waals surface area contributed by atoms with Gasteiger partial charge in [-0.2, -0.15) is 0 Å². The topological polar surface area (TPSA) is 58.4 Å². The lowest BCUT2D eigenvalue weighted by molar-refractivity contribution is -0.385. The molecule has 1 N–H and O–H groups in total. The van der Waals surface area contributed by atoms with Crippen molar-refractivity contribution in [3.63, 3.8) is 0 Å². The fourth-order valence-electron chi connectivity index (χ4n) is 2.57. The summed E-state index contributed by atoms with van der Waals surface area (Å²) in [4.78, 5) is 12.2. The molecule has 6 heteroatoms. The second kappa shape index (κ2) is 6.08. The fraction of sp³-hybridized carbons (Fsp3) is 0.538. The van der Waals surface area contributed by atoms with Crippen LogP contribution in [-0.2, 0) is 6.54 Å². The van der Waals surface area contributed by atoms with Crippen LogP contribution in [0.1, 0.15) is 18.4 Å². The molecule has 1 aromatic carbocycles. The van der Waals surface area contributed by atoms with Crippen molar-refractivity contribution in [3.8, 4) is 0 Å². The summed E-state index contributed by atoms with van der Waals surface area (Å²) in [5, 5.41) is 13.7. The summed E-state index contributed by atoms with van der Waals surface area (Å²) in [6.45, 7) is 2.34. The fourth-order valence-corrected chi connectivity index (χ4v) is 2.57. The van der Waals surface area contributed by atoms with Gasteiger partial charge in [0, 0.05) is 30.8 Å². The van der Waals surface area contributed by atoms with Crippen molar-refractivity contribution in [2.45, 2.75) is 25.4 Å². The van der Waals surface area contributed by atoms with E-state index in [1.54, 1.807) is 0 Å². The molecule has 0 aliphatic carbocycles. The smallest absolute Gasteiger partial charge is 0.272 e. The Morgan fingerprint density at radius 3 is 3.00 bits per heavy atom. The van der Waals surface area contributed by atoms with Crippen LogP contribution in [0.15, 0.2) is 18.2 Å². The van der Waals surface area contributed by atoms with Gasteiger partial charge in [-0.1, -0.05) is 0 Å². The van der Waals surface area contributed by atoms with Crippen LogP contribution in [0.3, 0.4) is 0 Å². The van der Waals surface area contributed by atoms with Gasteiger partial charge in [0.25, 0.3) is 5.69 Å². The van der Waals surface area contributed by atoms with Crippen LogP contribution in [0, 0.1) is 15.9 Å². The van der Waals surface area contributed by atoms with Gasteiger partial charge in [0.2, 0.25) is 0 Å². The molecule has 1 atom stereocenters. The predicted molar refractivity (Wildman–Crippen MR) is 70.4 cm³/mol. The minimum Gasteiger partial charge on any atom is -0.318 e. The van der Waals surface area contributed by atoms with Crippen LogP contribution in [0.25, 0.3) is 0 Å². The molecule has 2 rings (SSSR count). The number of hydrogen-bond donors (Lipinski definition) is 1. The number of non-ortho nitro benzene ring substituents is 1. The highest BCUT2D eigenvalue weighted by Crippen LogP contribution is 2.23. The molecule has 1 saturated heterocycles. The molecule has 0 amide bonds. The lowest BCUT2D eigenvalue weighted by Crippen LogP contribution is -2.36. The van der Waals surface area contributed by atoms with E-state index in [-0.39, 0.29) is 5.69 Å². The van der Waals surface area contributed by atoms with Gasteiger partial charge in [-0.05, 0) is 32.5 Å². The summed E-state index contributed by atoms with van der Waals surface area (Å²) in [5.74, 6) is -0.496. The van der Waals surface area contributed by atoms with Gasteiger partial charge in [0.05, 0.1) is 11.0 Å². The van der Waals surface area contributed by atoms with Gasteiger partial charge in [-0.25, -0.2) is 4.39 Å². The molecule has 19 heavy (non-hydrogen) atoms. The third-order valence-electron chi connectivity index (χ3n) is 3.56. The SMILES string of the molecule is CNCC1CCCN1Cc1ccc([N+](=O)[O-])cc1F. The van der Waals surface area contributed by atoms with E-state index in [9.17, 15) is 14.5 Å². The van der Waals surface area contributed by atoms with E-state index in [2.05, 4.69) is 10.2 Å². The Labute approximate surface area is 111 Å². The van der Waals surface area contributed by atoms with Crippen molar-refractivity contribution >= 4 is 5.69 Å². The Morgan fingerprint density at radius 1 is 1.58 bits per heavy atom. The number of nitro benzene ring substituents is 1. The van der Waals surface area contributed by atoms with Crippen molar-refractivity contribution in [2.75, 3.05) is 20.1 Å². The zero-order valence-electron chi connectivity index (χ0n) is 10.9. The van der Waals surface area contributed by atoms with Gasteiger partial charge < -0.3 is 5.32 Å². The first-order valence-electron chi connectivity index (χ1n) is 6.43. The molecule has 0 radical (unpaired) electrons. The number of nitro groups is 1. The molecule has 1 aromatic rings. The van der Waals surface area contributed by atoms with E-state index in [0.717, 1.165) is 32.0 Å². The molecule has 0 spiro atoms. The number of rotatable bonds is 5. The van der Waals surface area contributed by atoms with Crippen molar-refractivity contribution in [2.24, 2.45) is 0 Å². The Hall–Kier alpha value is -1.53. The van der Waals surface area contributed by atoms with Gasteiger partial charge in [0.1, 0.15) is 5.82 Å².